The molecule has 0 aromatic carbocycles. The Morgan fingerprint density at radius 3 is 2.75 bits per heavy atom. The van der Waals surface area contributed by atoms with Crippen molar-refractivity contribution >= 4 is 5.97 Å². The van der Waals surface area contributed by atoms with Gasteiger partial charge < -0.3 is 10.1 Å². The lowest BCUT2D eigenvalue weighted by molar-refractivity contribution is -0.146. The minimum Gasteiger partial charge on any atom is -0.465 e. The first kappa shape index (κ1) is 13.5. The summed E-state index contributed by atoms with van der Waals surface area (Å²) in [5.74, 6) is 1.47. The normalized spacial score (nSPS) is 23.1. The predicted molar refractivity (Wildman–Crippen MR) is 65.2 cm³/mol. The summed E-state index contributed by atoms with van der Waals surface area (Å²) in [4.78, 5) is 11.6. The Hall–Kier alpha value is -0.570. The molecule has 1 saturated heterocycles. The van der Waals surface area contributed by atoms with Crippen LogP contribution >= 0.6 is 0 Å². The molecule has 1 N–H and O–H groups in total. The fourth-order valence-electron chi connectivity index (χ4n) is 2.11. The first-order chi connectivity index (χ1) is 7.59. The maximum atomic E-state index is 11.6. The van der Waals surface area contributed by atoms with E-state index in [0.717, 1.165) is 13.1 Å². The molecule has 3 heteroatoms. The van der Waals surface area contributed by atoms with Gasteiger partial charge in [0.15, 0.2) is 0 Å². The Kier molecular flexibility index (Phi) is 5.81. The van der Waals surface area contributed by atoms with E-state index in [-0.39, 0.29) is 5.97 Å². The highest BCUT2D eigenvalue weighted by Gasteiger charge is 2.22. The van der Waals surface area contributed by atoms with Crippen molar-refractivity contribution < 1.29 is 9.53 Å². The Morgan fingerprint density at radius 2 is 2.19 bits per heavy atom. The fraction of sp³-hybridized carbons (Fsp3) is 0.923. The maximum absolute atomic E-state index is 11.6. The van der Waals surface area contributed by atoms with Crippen LogP contribution in [-0.4, -0.2) is 25.7 Å². The summed E-state index contributed by atoms with van der Waals surface area (Å²) in [6, 6.07) is 0. The molecule has 0 saturated carbocycles. The van der Waals surface area contributed by atoms with Gasteiger partial charge in [-0.3, -0.25) is 4.79 Å². The van der Waals surface area contributed by atoms with E-state index < -0.39 is 0 Å². The van der Waals surface area contributed by atoms with E-state index in [1.807, 2.05) is 0 Å². The molecule has 1 fully saturated rings. The maximum Gasteiger partial charge on any atom is 0.306 e. The highest BCUT2D eigenvalue weighted by Crippen LogP contribution is 2.22. The Bertz CT molecular complexity index is 210. The molecule has 94 valence electrons. The molecule has 0 aromatic heterocycles. The quantitative estimate of drug-likeness (QED) is 0.732. The second-order valence-electron chi connectivity index (χ2n) is 5.36. The van der Waals surface area contributed by atoms with Gasteiger partial charge in [0.2, 0.25) is 0 Å². The number of hydrogen-bond acceptors (Lipinski definition) is 3. The second-order valence-corrected chi connectivity index (χ2v) is 5.36. The summed E-state index contributed by atoms with van der Waals surface area (Å²) in [5.41, 5.74) is 0. The molecule has 2 unspecified atom stereocenters. The van der Waals surface area contributed by atoms with Crippen LogP contribution in [0.5, 0.6) is 0 Å². The number of nitrogens with one attached hydrogen (secondary N) is 1. The summed E-state index contributed by atoms with van der Waals surface area (Å²) < 4.78 is 5.21. The number of rotatable bonds is 5. The molecule has 0 spiro atoms. The lowest BCUT2D eigenvalue weighted by Gasteiger charge is -2.27. The van der Waals surface area contributed by atoms with Crippen molar-refractivity contribution in [1.82, 2.24) is 5.32 Å². The average Bonchev–Trinajstić information content (AvgIpc) is 2.27. The molecule has 1 aliphatic rings. The third kappa shape index (κ3) is 4.97. The van der Waals surface area contributed by atoms with Crippen LogP contribution in [0.4, 0.5) is 0 Å². The van der Waals surface area contributed by atoms with Crippen LogP contribution < -0.4 is 5.32 Å². The standard InChI is InChI=1S/C13H25NO2/c1-10(2)9-16-13(15)7-11(3)12-5-4-6-14-8-12/h10-12,14H,4-9H2,1-3H3. The Labute approximate surface area is 98.9 Å². The van der Waals surface area contributed by atoms with Crippen LogP contribution in [0.15, 0.2) is 0 Å². The zero-order chi connectivity index (χ0) is 12.0. The van der Waals surface area contributed by atoms with E-state index in [0.29, 0.717) is 30.8 Å². The van der Waals surface area contributed by atoms with E-state index in [1.165, 1.54) is 12.8 Å². The Morgan fingerprint density at radius 1 is 1.44 bits per heavy atom. The molecule has 2 atom stereocenters. The van der Waals surface area contributed by atoms with Gasteiger partial charge in [0.25, 0.3) is 0 Å². The summed E-state index contributed by atoms with van der Waals surface area (Å²) >= 11 is 0. The molecule has 1 rings (SSSR count). The van der Waals surface area contributed by atoms with Crippen molar-refractivity contribution in [2.75, 3.05) is 19.7 Å². The molecule has 0 radical (unpaired) electrons. The number of piperidine rings is 1. The topological polar surface area (TPSA) is 38.3 Å². The molecule has 0 amide bonds. The van der Waals surface area contributed by atoms with Crippen LogP contribution in [0, 0.1) is 17.8 Å². The van der Waals surface area contributed by atoms with Gasteiger partial charge >= 0.3 is 5.97 Å². The molecule has 0 aromatic rings. The fourth-order valence-corrected chi connectivity index (χ4v) is 2.11. The van der Waals surface area contributed by atoms with Gasteiger partial charge in [-0.1, -0.05) is 20.8 Å². The highest BCUT2D eigenvalue weighted by molar-refractivity contribution is 5.69. The van der Waals surface area contributed by atoms with Crippen LogP contribution in [0.1, 0.15) is 40.0 Å². The lowest BCUT2D eigenvalue weighted by atomic mass is 9.85. The zero-order valence-electron chi connectivity index (χ0n) is 10.8. The van der Waals surface area contributed by atoms with Gasteiger partial charge in [0, 0.05) is 6.42 Å². The Balaban J connectivity index is 2.21. The van der Waals surface area contributed by atoms with E-state index in [1.54, 1.807) is 0 Å². The molecular weight excluding hydrogens is 202 g/mol. The predicted octanol–water partition coefficient (Wildman–Crippen LogP) is 2.21. The lowest BCUT2D eigenvalue weighted by Crippen LogP contribution is -2.34. The van der Waals surface area contributed by atoms with Crippen LogP contribution in [0.3, 0.4) is 0 Å². The van der Waals surface area contributed by atoms with Gasteiger partial charge in [-0.05, 0) is 43.7 Å². The number of hydrogen-bond donors (Lipinski definition) is 1. The third-order valence-corrected chi connectivity index (χ3v) is 3.21. The summed E-state index contributed by atoms with van der Waals surface area (Å²) in [6.45, 7) is 9.01. The molecule has 1 heterocycles. The smallest absolute Gasteiger partial charge is 0.306 e. The monoisotopic (exact) mass is 227 g/mol. The molecular formula is C13H25NO2. The first-order valence-corrected chi connectivity index (χ1v) is 6.46. The van der Waals surface area contributed by atoms with Gasteiger partial charge in [0.1, 0.15) is 0 Å². The molecule has 1 aliphatic heterocycles. The van der Waals surface area contributed by atoms with Crippen molar-refractivity contribution in [1.29, 1.82) is 0 Å². The van der Waals surface area contributed by atoms with Crippen molar-refractivity contribution in [2.45, 2.75) is 40.0 Å². The van der Waals surface area contributed by atoms with Crippen molar-refractivity contribution in [3.05, 3.63) is 0 Å². The van der Waals surface area contributed by atoms with E-state index >= 15 is 0 Å². The van der Waals surface area contributed by atoms with E-state index in [4.69, 9.17) is 4.74 Å². The summed E-state index contributed by atoms with van der Waals surface area (Å²) in [7, 11) is 0. The van der Waals surface area contributed by atoms with Gasteiger partial charge in [0.05, 0.1) is 6.61 Å². The highest BCUT2D eigenvalue weighted by atomic mass is 16.5. The van der Waals surface area contributed by atoms with Crippen LogP contribution in [-0.2, 0) is 9.53 Å². The number of carbonyl (C=O) groups is 1. The van der Waals surface area contributed by atoms with Gasteiger partial charge in [-0.15, -0.1) is 0 Å². The number of carbonyl (C=O) groups excluding carboxylic acids is 1. The van der Waals surface area contributed by atoms with Crippen LogP contribution in [0.25, 0.3) is 0 Å². The molecule has 0 bridgehead atoms. The van der Waals surface area contributed by atoms with Crippen LogP contribution in [0.2, 0.25) is 0 Å². The summed E-state index contributed by atoms with van der Waals surface area (Å²) in [6.07, 6.45) is 3.04. The van der Waals surface area contributed by atoms with Gasteiger partial charge in [-0.2, -0.15) is 0 Å². The third-order valence-electron chi connectivity index (χ3n) is 3.21. The minimum absolute atomic E-state index is 0.0354. The largest absolute Gasteiger partial charge is 0.465 e. The number of ether oxygens (including phenoxy) is 1. The zero-order valence-corrected chi connectivity index (χ0v) is 10.8. The van der Waals surface area contributed by atoms with Gasteiger partial charge in [-0.25, -0.2) is 0 Å². The average molecular weight is 227 g/mol. The van der Waals surface area contributed by atoms with Crippen molar-refractivity contribution in [2.24, 2.45) is 17.8 Å². The first-order valence-electron chi connectivity index (χ1n) is 6.46. The summed E-state index contributed by atoms with van der Waals surface area (Å²) in [5, 5.41) is 3.39. The molecule has 0 aliphatic carbocycles. The molecule has 3 nitrogen and oxygen atoms in total. The SMILES string of the molecule is CC(C)COC(=O)CC(C)C1CCCNC1. The van der Waals surface area contributed by atoms with E-state index in [9.17, 15) is 4.79 Å². The number of esters is 1. The van der Waals surface area contributed by atoms with Crippen molar-refractivity contribution in [3.63, 3.8) is 0 Å². The minimum atomic E-state index is -0.0354. The van der Waals surface area contributed by atoms with E-state index in [2.05, 4.69) is 26.1 Å². The second kappa shape index (κ2) is 6.89. The molecule has 16 heavy (non-hydrogen) atoms. The van der Waals surface area contributed by atoms with Crippen molar-refractivity contribution in [3.8, 4) is 0 Å².